The lowest BCUT2D eigenvalue weighted by molar-refractivity contribution is -0.140. The molecule has 3 rings (SSSR count). The van der Waals surface area contributed by atoms with Crippen molar-refractivity contribution in [2.45, 2.75) is 13.0 Å². The Kier molecular flexibility index (Phi) is 7.91. The summed E-state index contributed by atoms with van der Waals surface area (Å²) in [5.41, 5.74) is 1.68. The van der Waals surface area contributed by atoms with Gasteiger partial charge in [-0.25, -0.2) is 0 Å². The van der Waals surface area contributed by atoms with Crippen LogP contribution < -0.4 is 18.9 Å². The Balaban J connectivity index is 2.27. The molecule has 0 spiro atoms. The first kappa shape index (κ1) is 25.9. The second-order valence-electron chi connectivity index (χ2n) is 8.44. The monoisotopic (exact) mass is 484 g/mol. The number of aliphatic hydroxyl groups excluding tert-OH is 1. The minimum atomic E-state index is -0.856. The van der Waals surface area contributed by atoms with Gasteiger partial charge >= 0.3 is 0 Å². The number of amides is 1. The lowest BCUT2D eigenvalue weighted by Gasteiger charge is -2.27. The quantitative estimate of drug-likeness (QED) is 0.330. The molecule has 1 aliphatic rings. The van der Waals surface area contributed by atoms with Gasteiger partial charge in [0.05, 0.1) is 40.1 Å². The van der Waals surface area contributed by atoms with E-state index >= 15 is 0 Å². The number of hydrogen-bond donors (Lipinski definition) is 1. The Morgan fingerprint density at radius 1 is 0.971 bits per heavy atom. The molecule has 0 unspecified atom stereocenters. The van der Waals surface area contributed by atoms with Crippen LogP contribution in [0.15, 0.2) is 35.9 Å². The van der Waals surface area contributed by atoms with Crippen molar-refractivity contribution >= 4 is 17.4 Å². The van der Waals surface area contributed by atoms with Crippen LogP contribution in [0.5, 0.6) is 23.0 Å². The topological polar surface area (TPSA) is 97.8 Å². The maximum absolute atomic E-state index is 13.3. The van der Waals surface area contributed by atoms with Crippen LogP contribution in [0.3, 0.4) is 0 Å². The van der Waals surface area contributed by atoms with Crippen molar-refractivity contribution in [1.29, 1.82) is 0 Å². The van der Waals surface area contributed by atoms with Crippen LogP contribution in [0.2, 0.25) is 0 Å². The van der Waals surface area contributed by atoms with Crippen molar-refractivity contribution < 1.29 is 33.6 Å². The molecule has 1 heterocycles. The van der Waals surface area contributed by atoms with Crippen LogP contribution in [-0.2, 0) is 9.59 Å². The molecule has 0 bridgehead atoms. The number of carbonyl (C=O) groups excluding carboxylic acids is 2. The second-order valence-corrected chi connectivity index (χ2v) is 8.44. The van der Waals surface area contributed by atoms with E-state index < -0.39 is 17.7 Å². The number of carbonyl (C=O) groups is 2. The first-order chi connectivity index (χ1) is 16.7. The number of Topliss-reactive ketones (excluding diaryl/α,β-unsaturated/α-hetero) is 1. The number of ketones is 1. The third-order valence-corrected chi connectivity index (χ3v) is 6.02. The molecule has 1 aliphatic heterocycles. The SMILES string of the molecule is COc1ccc(C(O)=C2C(=O)C(=O)N(CCN(C)C)[C@H]2c2cc(OC)c(OC)c(OC)c2)c(C)c1. The van der Waals surface area contributed by atoms with Gasteiger partial charge in [0, 0.05) is 18.7 Å². The van der Waals surface area contributed by atoms with Crippen molar-refractivity contribution in [2.24, 2.45) is 0 Å². The van der Waals surface area contributed by atoms with E-state index in [-0.39, 0.29) is 17.9 Å². The van der Waals surface area contributed by atoms with Crippen LogP contribution in [0.4, 0.5) is 0 Å². The van der Waals surface area contributed by atoms with Crippen molar-refractivity contribution in [3.63, 3.8) is 0 Å². The number of rotatable bonds is 9. The molecule has 1 N–H and O–H groups in total. The van der Waals surface area contributed by atoms with E-state index in [1.54, 1.807) is 44.4 Å². The minimum Gasteiger partial charge on any atom is -0.507 e. The minimum absolute atomic E-state index is 0.00343. The van der Waals surface area contributed by atoms with Gasteiger partial charge in [0.2, 0.25) is 5.75 Å². The summed E-state index contributed by atoms with van der Waals surface area (Å²) in [4.78, 5) is 29.8. The zero-order valence-electron chi connectivity index (χ0n) is 21.2. The Bertz CT molecular complexity index is 1130. The van der Waals surface area contributed by atoms with Crippen molar-refractivity contribution in [3.8, 4) is 23.0 Å². The molecule has 0 saturated carbocycles. The van der Waals surface area contributed by atoms with E-state index in [0.29, 0.717) is 46.2 Å². The van der Waals surface area contributed by atoms with E-state index in [4.69, 9.17) is 18.9 Å². The van der Waals surface area contributed by atoms with Gasteiger partial charge in [0.25, 0.3) is 11.7 Å². The highest BCUT2D eigenvalue weighted by atomic mass is 16.5. The van der Waals surface area contributed by atoms with Gasteiger partial charge in [-0.15, -0.1) is 0 Å². The molecule has 0 radical (unpaired) electrons. The molecule has 9 nitrogen and oxygen atoms in total. The highest BCUT2D eigenvalue weighted by Gasteiger charge is 2.46. The lowest BCUT2D eigenvalue weighted by atomic mass is 9.93. The molecule has 0 aliphatic carbocycles. The summed E-state index contributed by atoms with van der Waals surface area (Å²) >= 11 is 0. The molecule has 1 atom stereocenters. The fraction of sp³-hybridized carbons (Fsp3) is 0.385. The molecular weight excluding hydrogens is 452 g/mol. The number of aliphatic hydroxyl groups is 1. The van der Waals surface area contributed by atoms with Crippen LogP contribution >= 0.6 is 0 Å². The van der Waals surface area contributed by atoms with E-state index in [1.807, 2.05) is 19.0 Å². The number of hydrogen-bond acceptors (Lipinski definition) is 8. The smallest absolute Gasteiger partial charge is 0.295 e. The van der Waals surface area contributed by atoms with Crippen LogP contribution in [0, 0.1) is 6.92 Å². The van der Waals surface area contributed by atoms with E-state index in [0.717, 1.165) is 0 Å². The normalized spacial score (nSPS) is 17.1. The highest BCUT2D eigenvalue weighted by molar-refractivity contribution is 6.46. The molecule has 35 heavy (non-hydrogen) atoms. The fourth-order valence-corrected chi connectivity index (χ4v) is 4.20. The first-order valence-corrected chi connectivity index (χ1v) is 11.1. The van der Waals surface area contributed by atoms with Crippen LogP contribution in [0.25, 0.3) is 5.76 Å². The van der Waals surface area contributed by atoms with E-state index in [9.17, 15) is 14.7 Å². The summed E-state index contributed by atoms with van der Waals surface area (Å²) in [6.07, 6.45) is 0. The zero-order chi connectivity index (χ0) is 25.9. The molecule has 9 heteroatoms. The summed E-state index contributed by atoms with van der Waals surface area (Å²) < 4.78 is 21.7. The van der Waals surface area contributed by atoms with Crippen LogP contribution in [0.1, 0.15) is 22.7 Å². The van der Waals surface area contributed by atoms with Gasteiger partial charge in [-0.05, 0) is 62.5 Å². The Morgan fingerprint density at radius 3 is 2.09 bits per heavy atom. The van der Waals surface area contributed by atoms with Gasteiger partial charge in [0.15, 0.2) is 11.5 Å². The number of benzene rings is 2. The second kappa shape index (κ2) is 10.7. The lowest BCUT2D eigenvalue weighted by Crippen LogP contribution is -2.35. The average molecular weight is 485 g/mol. The molecule has 2 aromatic carbocycles. The summed E-state index contributed by atoms with van der Waals surface area (Å²) in [6.45, 7) is 2.60. The molecule has 1 saturated heterocycles. The van der Waals surface area contributed by atoms with Crippen molar-refractivity contribution in [2.75, 3.05) is 55.6 Å². The van der Waals surface area contributed by atoms with Gasteiger partial charge in [0.1, 0.15) is 11.5 Å². The van der Waals surface area contributed by atoms with Crippen molar-refractivity contribution in [1.82, 2.24) is 9.80 Å². The maximum Gasteiger partial charge on any atom is 0.295 e. The Morgan fingerprint density at radius 2 is 1.60 bits per heavy atom. The molecule has 0 aromatic heterocycles. The van der Waals surface area contributed by atoms with Gasteiger partial charge in [-0.1, -0.05) is 0 Å². The molecule has 188 valence electrons. The van der Waals surface area contributed by atoms with E-state index in [1.165, 1.54) is 26.2 Å². The third kappa shape index (κ3) is 4.90. The molecule has 1 fully saturated rings. The van der Waals surface area contributed by atoms with Crippen molar-refractivity contribution in [3.05, 3.63) is 52.6 Å². The fourth-order valence-electron chi connectivity index (χ4n) is 4.20. The summed E-state index contributed by atoms with van der Waals surface area (Å²) in [5.74, 6) is 0.0613. The number of likely N-dealkylation sites (N-methyl/N-ethyl adjacent to an activating group) is 1. The number of likely N-dealkylation sites (tertiary alicyclic amines) is 1. The first-order valence-electron chi connectivity index (χ1n) is 11.1. The summed E-state index contributed by atoms with van der Waals surface area (Å²) in [7, 11) is 9.79. The largest absolute Gasteiger partial charge is 0.507 e. The number of ether oxygens (including phenoxy) is 4. The number of aryl methyl sites for hydroxylation is 1. The predicted octanol–water partition coefficient (Wildman–Crippen LogP) is 3.01. The zero-order valence-corrected chi connectivity index (χ0v) is 21.2. The molecule has 1 amide bonds. The van der Waals surface area contributed by atoms with Crippen LogP contribution in [-0.4, -0.2) is 82.2 Å². The predicted molar refractivity (Wildman–Crippen MR) is 131 cm³/mol. The standard InChI is InChI=1S/C26H32N2O7/c1-15-12-17(32-4)8-9-18(15)23(29)21-22(28(11-10-27(2)3)26(31)24(21)30)16-13-19(33-5)25(35-7)20(14-16)34-6/h8-9,12-14,22,29H,10-11H2,1-7H3/t22-/m0/s1. The molecule has 2 aromatic rings. The maximum atomic E-state index is 13.3. The van der Waals surface area contributed by atoms with Gasteiger partial charge in [-0.3, -0.25) is 9.59 Å². The average Bonchev–Trinajstić information content (AvgIpc) is 3.10. The molecular formula is C26H32N2O7. The summed E-state index contributed by atoms with van der Waals surface area (Å²) in [5, 5.41) is 11.4. The number of nitrogens with zero attached hydrogens (tertiary/aromatic N) is 2. The number of methoxy groups -OCH3 is 4. The third-order valence-electron chi connectivity index (χ3n) is 6.02. The Labute approximate surface area is 205 Å². The Hall–Kier alpha value is -3.72. The van der Waals surface area contributed by atoms with Gasteiger partial charge in [-0.2, -0.15) is 0 Å². The van der Waals surface area contributed by atoms with E-state index in [2.05, 4.69) is 0 Å². The summed E-state index contributed by atoms with van der Waals surface area (Å²) in [6, 6.07) is 7.64. The van der Waals surface area contributed by atoms with Gasteiger partial charge < -0.3 is 33.9 Å². The highest BCUT2D eigenvalue weighted by Crippen LogP contribution is 2.45.